The summed E-state index contributed by atoms with van der Waals surface area (Å²) in [6, 6.07) is 10.0. The Morgan fingerprint density at radius 2 is 1.92 bits per heavy atom. The number of rotatable bonds is 6. The summed E-state index contributed by atoms with van der Waals surface area (Å²) in [5.41, 5.74) is 3.34. The van der Waals surface area contributed by atoms with E-state index in [2.05, 4.69) is 39.3 Å². The van der Waals surface area contributed by atoms with E-state index in [4.69, 9.17) is 0 Å². The molecule has 0 aliphatic carbocycles. The first-order valence-corrected chi connectivity index (χ1v) is 8.80. The van der Waals surface area contributed by atoms with Crippen molar-refractivity contribution < 1.29 is 4.79 Å². The van der Waals surface area contributed by atoms with Crippen LogP contribution in [0.2, 0.25) is 0 Å². The minimum Gasteiger partial charge on any atom is -0.356 e. The van der Waals surface area contributed by atoms with Crippen molar-refractivity contribution in [2.24, 2.45) is 4.99 Å². The molecular formula is C18H24N4OS. The summed E-state index contributed by atoms with van der Waals surface area (Å²) in [7, 11) is 1.78. The minimum atomic E-state index is -0.0553. The molecule has 3 N–H and O–H groups in total. The summed E-state index contributed by atoms with van der Waals surface area (Å²) >= 11 is 1.75. The Kier molecular flexibility index (Phi) is 6.81. The molecule has 0 atom stereocenters. The largest absolute Gasteiger partial charge is 0.356 e. The van der Waals surface area contributed by atoms with Crippen LogP contribution in [0, 0.1) is 6.92 Å². The van der Waals surface area contributed by atoms with Crippen molar-refractivity contribution in [3.05, 3.63) is 51.7 Å². The van der Waals surface area contributed by atoms with Gasteiger partial charge in [0.05, 0.1) is 6.54 Å². The first-order valence-electron chi connectivity index (χ1n) is 7.92. The molecule has 24 heavy (non-hydrogen) atoms. The summed E-state index contributed by atoms with van der Waals surface area (Å²) in [6.45, 7) is 5.21. The third-order valence-corrected chi connectivity index (χ3v) is 4.61. The van der Waals surface area contributed by atoms with Gasteiger partial charge in [0.25, 0.3) is 0 Å². The van der Waals surface area contributed by atoms with Crippen molar-refractivity contribution in [3.8, 4) is 0 Å². The lowest BCUT2D eigenvalue weighted by molar-refractivity contribution is -0.114. The van der Waals surface area contributed by atoms with Gasteiger partial charge in [-0.3, -0.25) is 9.79 Å². The SMILES string of the molecule is CN=C(NCCc1ccc(NC(C)=O)cc1)NCc1sccc1C. The normalized spacial score (nSPS) is 11.2. The van der Waals surface area contributed by atoms with Crippen molar-refractivity contribution in [2.75, 3.05) is 18.9 Å². The Hall–Kier alpha value is -2.34. The number of hydrogen-bond acceptors (Lipinski definition) is 3. The van der Waals surface area contributed by atoms with E-state index in [-0.39, 0.29) is 5.91 Å². The number of thiophene rings is 1. The Morgan fingerprint density at radius 1 is 1.17 bits per heavy atom. The van der Waals surface area contributed by atoms with Gasteiger partial charge in [-0.25, -0.2) is 0 Å². The van der Waals surface area contributed by atoms with E-state index in [0.717, 1.165) is 31.2 Å². The molecule has 0 saturated carbocycles. The molecule has 1 heterocycles. The predicted molar refractivity (Wildman–Crippen MR) is 102 cm³/mol. The van der Waals surface area contributed by atoms with Crippen molar-refractivity contribution in [1.29, 1.82) is 0 Å². The summed E-state index contributed by atoms with van der Waals surface area (Å²) in [4.78, 5) is 16.6. The molecular weight excluding hydrogens is 320 g/mol. The predicted octanol–water partition coefficient (Wildman–Crippen LogP) is 2.92. The number of carbonyl (C=O) groups is 1. The van der Waals surface area contributed by atoms with Gasteiger partial charge in [0.2, 0.25) is 5.91 Å². The zero-order valence-electron chi connectivity index (χ0n) is 14.3. The van der Waals surface area contributed by atoms with Gasteiger partial charge in [0, 0.05) is 31.1 Å². The van der Waals surface area contributed by atoms with Gasteiger partial charge < -0.3 is 16.0 Å². The van der Waals surface area contributed by atoms with Crippen molar-refractivity contribution >= 4 is 28.9 Å². The Labute approximate surface area is 147 Å². The molecule has 5 nitrogen and oxygen atoms in total. The maximum absolute atomic E-state index is 11.0. The molecule has 0 radical (unpaired) electrons. The fourth-order valence-electron chi connectivity index (χ4n) is 2.25. The maximum Gasteiger partial charge on any atom is 0.221 e. The van der Waals surface area contributed by atoms with E-state index >= 15 is 0 Å². The average Bonchev–Trinajstić information content (AvgIpc) is 2.97. The van der Waals surface area contributed by atoms with Crippen molar-refractivity contribution in [2.45, 2.75) is 26.8 Å². The van der Waals surface area contributed by atoms with Crippen LogP contribution in [-0.4, -0.2) is 25.5 Å². The Morgan fingerprint density at radius 3 is 2.50 bits per heavy atom. The third-order valence-electron chi connectivity index (χ3n) is 3.59. The van der Waals surface area contributed by atoms with E-state index in [1.165, 1.54) is 22.9 Å². The van der Waals surface area contributed by atoms with Crippen molar-refractivity contribution in [3.63, 3.8) is 0 Å². The lowest BCUT2D eigenvalue weighted by Gasteiger charge is -2.12. The first kappa shape index (κ1) is 18.0. The van der Waals surface area contributed by atoms with Crippen LogP contribution in [0.5, 0.6) is 0 Å². The molecule has 1 amide bonds. The first-order chi connectivity index (χ1) is 11.6. The van der Waals surface area contributed by atoms with Gasteiger partial charge in [-0.2, -0.15) is 0 Å². The van der Waals surface area contributed by atoms with Crippen LogP contribution in [0.4, 0.5) is 5.69 Å². The fourth-order valence-corrected chi connectivity index (χ4v) is 3.10. The Bertz CT molecular complexity index is 691. The van der Waals surface area contributed by atoms with E-state index < -0.39 is 0 Å². The fraction of sp³-hybridized carbons (Fsp3) is 0.333. The molecule has 0 bridgehead atoms. The van der Waals surface area contributed by atoms with Gasteiger partial charge in [0.1, 0.15) is 0 Å². The van der Waals surface area contributed by atoms with Crippen LogP contribution in [0.15, 0.2) is 40.7 Å². The van der Waals surface area contributed by atoms with Crippen LogP contribution < -0.4 is 16.0 Å². The number of carbonyl (C=O) groups excluding carboxylic acids is 1. The number of nitrogens with one attached hydrogen (secondary N) is 3. The van der Waals surface area contributed by atoms with Gasteiger partial charge >= 0.3 is 0 Å². The smallest absolute Gasteiger partial charge is 0.221 e. The number of aryl methyl sites for hydroxylation is 1. The van der Waals surface area contributed by atoms with Gasteiger partial charge in [0.15, 0.2) is 5.96 Å². The quantitative estimate of drug-likeness (QED) is 0.558. The molecule has 0 saturated heterocycles. The van der Waals surface area contributed by atoms with E-state index in [1.807, 2.05) is 24.3 Å². The number of anilines is 1. The van der Waals surface area contributed by atoms with Gasteiger partial charge in [-0.15, -0.1) is 11.3 Å². The molecule has 2 rings (SSSR count). The van der Waals surface area contributed by atoms with Gasteiger partial charge in [-0.1, -0.05) is 12.1 Å². The van der Waals surface area contributed by atoms with E-state index in [1.54, 1.807) is 18.4 Å². The highest BCUT2D eigenvalue weighted by molar-refractivity contribution is 7.10. The van der Waals surface area contributed by atoms with Crippen LogP contribution in [0.3, 0.4) is 0 Å². The summed E-state index contributed by atoms with van der Waals surface area (Å²) in [5, 5.41) is 11.5. The summed E-state index contributed by atoms with van der Waals surface area (Å²) < 4.78 is 0. The molecule has 0 spiro atoms. The molecule has 1 aromatic heterocycles. The van der Waals surface area contributed by atoms with Crippen LogP contribution in [0.25, 0.3) is 0 Å². The highest BCUT2D eigenvalue weighted by Crippen LogP contribution is 2.14. The maximum atomic E-state index is 11.0. The van der Waals surface area contributed by atoms with Gasteiger partial charge in [-0.05, 0) is 48.1 Å². The molecule has 128 valence electrons. The lowest BCUT2D eigenvalue weighted by Crippen LogP contribution is -2.37. The molecule has 2 aromatic rings. The van der Waals surface area contributed by atoms with E-state index in [9.17, 15) is 4.79 Å². The average molecular weight is 344 g/mol. The number of nitrogens with zero attached hydrogens (tertiary/aromatic N) is 1. The number of guanidine groups is 1. The number of aliphatic imine (C=N–C) groups is 1. The number of amides is 1. The zero-order valence-corrected chi connectivity index (χ0v) is 15.2. The molecule has 0 aliphatic heterocycles. The van der Waals surface area contributed by atoms with Crippen LogP contribution >= 0.6 is 11.3 Å². The second kappa shape index (κ2) is 9.08. The number of hydrogen-bond donors (Lipinski definition) is 3. The molecule has 0 unspecified atom stereocenters. The second-order valence-electron chi connectivity index (χ2n) is 5.51. The lowest BCUT2D eigenvalue weighted by atomic mass is 10.1. The second-order valence-corrected chi connectivity index (χ2v) is 6.51. The summed E-state index contributed by atoms with van der Waals surface area (Å²) in [6.07, 6.45) is 0.888. The highest BCUT2D eigenvalue weighted by atomic mass is 32.1. The topological polar surface area (TPSA) is 65.5 Å². The van der Waals surface area contributed by atoms with E-state index in [0.29, 0.717) is 0 Å². The van der Waals surface area contributed by atoms with Crippen LogP contribution in [0.1, 0.15) is 22.9 Å². The molecule has 0 fully saturated rings. The highest BCUT2D eigenvalue weighted by Gasteiger charge is 2.02. The Balaban J connectivity index is 1.75. The minimum absolute atomic E-state index is 0.0553. The molecule has 1 aromatic carbocycles. The monoisotopic (exact) mass is 344 g/mol. The van der Waals surface area contributed by atoms with Crippen molar-refractivity contribution in [1.82, 2.24) is 10.6 Å². The summed E-state index contributed by atoms with van der Waals surface area (Å²) in [5.74, 6) is 0.748. The molecule has 0 aliphatic rings. The third kappa shape index (κ3) is 5.70. The number of benzene rings is 1. The zero-order chi connectivity index (χ0) is 17.4. The molecule has 6 heteroatoms. The standard InChI is InChI=1S/C18H24N4OS/c1-13-9-11-24-17(13)12-21-18(19-3)20-10-8-15-4-6-16(7-5-15)22-14(2)23/h4-7,9,11H,8,10,12H2,1-3H3,(H,22,23)(H2,19,20,21). The van der Waals surface area contributed by atoms with Crippen LogP contribution in [-0.2, 0) is 17.8 Å².